The number of hydrogen-bond acceptors (Lipinski definition) is 6. The Balaban J connectivity index is 2.35. The highest BCUT2D eigenvalue weighted by molar-refractivity contribution is 8.00. The molecular weight excluding hydrogens is 216 g/mol. The molecule has 78 valence electrons. The lowest BCUT2D eigenvalue weighted by Gasteiger charge is -2.10. The molecule has 0 unspecified atom stereocenters. The fraction of sp³-hybridized carbons (Fsp3) is 0.250. The number of carboxylic acid groups (broad SMARTS) is 1. The fourth-order valence-corrected chi connectivity index (χ4v) is 1.85. The molecule has 15 heavy (non-hydrogen) atoms. The number of aliphatic carboxylic acids is 1. The zero-order chi connectivity index (χ0) is 10.8. The van der Waals surface area contributed by atoms with Crippen molar-refractivity contribution < 1.29 is 9.90 Å². The summed E-state index contributed by atoms with van der Waals surface area (Å²) in [4.78, 5) is 25.3. The van der Waals surface area contributed by atoms with Gasteiger partial charge in [0.2, 0.25) is 0 Å². The minimum Gasteiger partial charge on any atom is -0.549 e. The largest absolute Gasteiger partial charge is 0.549 e. The van der Waals surface area contributed by atoms with Gasteiger partial charge in [0.25, 0.3) is 0 Å². The number of aromatic nitrogens is 4. The van der Waals surface area contributed by atoms with Crippen molar-refractivity contribution in [1.82, 2.24) is 19.9 Å². The molecule has 0 saturated heterocycles. The quantitative estimate of drug-likeness (QED) is 0.561. The number of fused-ring (bicyclic) bond motifs is 1. The van der Waals surface area contributed by atoms with E-state index in [9.17, 15) is 9.90 Å². The maximum Gasteiger partial charge on any atom is 0.181 e. The number of hydrogen-bond donors (Lipinski definition) is 1. The number of nitrogens with zero attached hydrogens (tertiary/aromatic N) is 3. The van der Waals surface area contributed by atoms with E-state index in [4.69, 9.17) is 0 Å². The maximum atomic E-state index is 10.6. The molecule has 6 nitrogen and oxygen atoms in total. The second-order valence-corrected chi connectivity index (χ2v) is 4.19. The molecule has 1 N–H and O–H groups in total. The molecule has 7 heteroatoms. The summed E-state index contributed by atoms with van der Waals surface area (Å²) in [6, 6.07) is 0. The molecule has 2 aromatic rings. The molecule has 0 aliphatic carbocycles. The molecule has 2 rings (SSSR count). The summed E-state index contributed by atoms with van der Waals surface area (Å²) >= 11 is 1.10. The maximum absolute atomic E-state index is 10.6. The SMILES string of the molecule is C[C@@H](Sc1ncnc2nc[nH]c12)C(=O)[O-]. The normalized spacial score (nSPS) is 12.9. The summed E-state index contributed by atoms with van der Waals surface area (Å²) in [5.74, 6) is -1.12. The first-order chi connectivity index (χ1) is 7.18. The van der Waals surface area contributed by atoms with Crippen LogP contribution in [0.1, 0.15) is 6.92 Å². The number of thioether (sulfide) groups is 1. The van der Waals surface area contributed by atoms with E-state index in [1.54, 1.807) is 6.92 Å². The molecule has 0 saturated carbocycles. The highest BCUT2D eigenvalue weighted by Gasteiger charge is 2.11. The summed E-state index contributed by atoms with van der Waals surface area (Å²) in [6.45, 7) is 1.55. The summed E-state index contributed by atoms with van der Waals surface area (Å²) in [5, 5.41) is 10.5. The van der Waals surface area contributed by atoms with Gasteiger partial charge in [-0.2, -0.15) is 0 Å². The molecule has 1 atom stereocenters. The average molecular weight is 223 g/mol. The van der Waals surface area contributed by atoms with Crippen LogP contribution in [-0.4, -0.2) is 31.2 Å². The van der Waals surface area contributed by atoms with Crippen molar-refractivity contribution in [1.29, 1.82) is 0 Å². The number of aromatic amines is 1. The van der Waals surface area contributed by atoms with Crippen LogP contribution in [0.2, 0.25) is 0 Å². The Morgan fingerprint density at radius 3 is 3.07 bits per heavy atom. The van der Waals surface area contributed by atoms with E-state index in [1.165, 1.54) is 12.7 Å². The van der Waals surface area contributed by atoms with Gasteiger partial charge in [-0.1, -0.05) is 11.8 Å². The predicted molar refractivity (Wildman–Crippen MR) is 52.0 cm³/mol. The Bertz CT molecular complexity index is 498. The first kappa shape index (κ1) is 9.91. The lowest BCUT2D eigenvalue weighted by atomic mass is 10.5. The highest BCUT2D eigenvalue weighted by atomic mass is 32.2. The van der Waals surface area contributed by atoms with Gasteiger partial charge in [0, 0.05) is 5.25 Å². The van der Waals surface area contributed by atoms with Crippen LogP contribution in [0, 0.1) is 0 Å². The lowest BCUT2D eigenvalue weighted by Crippen LogP contribution is -2.31. The van der Waals surface area contributed by atoms with E-state index in [1.807, 2.05) is 0 Å². The Morgan fingerprint density at radius 2 is 2.33 bits per heavy atom. The number of nitrogens with one attached hydrogen (secondary N) is 1. The minimum absolute atomic E-state index is 0.526. The van der Waals surface area contributed by atoms with Crippen molar-refractivity contribution in [3.8, 4) is 0 Å². The lowest BCUT2D eigenvalue weighted by molar-refractivity contribution is -0.304. The molecule has 0 aliphatic heterocycles. The second kappa shape index (κ2) is 3.85. The monoisotopic (exact) mass is 223 g/mol. The fourth-order valence-electron chi connectivity index (χ4n) is 1.05. The number of carboxylic acids is 1. The van der Waals surface area contributed by atoms with Gasteiger partial charge >= 0.3 is 0 Å². The molecule has 0 spiro atoms. The van der Waals surface area contributed by atoms with E-state index in [0.717, 1.165) is 11.8 Å². The third-order valence-electron chi connectivity index (χ3n) is 1.81. The van der Waals surface area contributed by atoms with Crippen LogP contribution < -0.4 is 5.11 Å². The number of carbonyl (C=O) groups is 1. The molecular formula is C8H7N4O2S-. The average Bonchev–Trinajstić information content (AvgIpc) is 2.66. The van der Waals surface area contributed by atoms with Crippen LogP contribution in [-0.2, 0) is 4.79 Å². The van der Waals surface area contributed by atoms with Gasteiger partial charge in [0.05, 0.1) is 12.3 Å². The van der Waals surface area contributed by atoms with Crippen molar-refractivity contribution >= 4 is 28.9 Å². The topological polar surface area (TPSA) is 94.6 Å². The number of carbonyl (C=O) groups excluding carboxylic acids is 1. The molecule has 0 radical (unpaired) electrons. The van der Waals surface area contributed by atoms with Crippen LogP contribution in [0.5, 0.6) is 0 Å². The molecule has 0 amide bonds. The first-order valence-electron chi connectivity index (χ1n) is 4.20. The summed E-state index contributed by atoms with van der Waals surface area (Å²) in [6.07, 6.45) is 2.85. The Labute approximate surface area is 89.2 Å². The Kier molecular flexibility index (Phi) is 2.55. The van der Waals surface area contributed by atoms with Crippen LogP contribution in [0.3, 0.4) is 0 Å². The molecule has 0 aliphatic rings. The molecule has 0 bridgehead atoms. The van der Waals surface area contributed by atoms with Crippen molar-refractivity contribution in [2.24, 2.45) is 0 Å². The van der Waals surface area contributed by atoms with E-state index in [2.05, 4.69) is 19.9 Å². The Morgan fingerprint density at radius 1 is 1.53 bits per heavy atom. The van der Waals surface area contributed by atoms with E-state index in [-0.39, 0.29) is 0 Å². The number of H-pyrrole nitrogens is 1. The second-order valence-electron chi connectivity index (χ2n) is 2.86. The van der Waals surface area contributed by atoms with Crippen molar-refractivity contribution in [2.45, 2.75) is 17.2 Å². The third-order valence-corrected chi connectivity index (χ3v) is 2.89. The summed E-state index contributed by atoms with van der Waals surface area (Å²) in [7, 11) is 0. The smallest absolute Gasteiger partial charge is 0.181 e. The van der Waals surface area contributed by atoms with Gasteiger partial charge < -0.3 is 14.9 Å². The number of rotatable bonds is 3. The molecule has 0 fully saturated rings. The van der Waals surface area contributed by atoms with Gasteiger partial charge in [-0.05, 0) is 6.92 Å². The minimum atomic E-state index is -1.12. The zero-order valence-corrected chi connectivity index (χ0v) is 8.61. The van der Waals surface area contributed by atoms with E-state index >= 15 is 0 Å². The van der Waals surface area contributed by atoms with E-state index < -0.39 is 11.2 Å². The zero-order valence-electron chi connectivity index (χ0n) is 7.80. The first-order valence-corrected chi connectivity index (χ1v) is 5.08. The van der Waals surface area contributed by atoms with Gasteiger partial charge in [-0.3, -0.25) is 0 Å². The van der Waals surface area contributed by atoms with Gasteiger partial charge in [0.15, 0.2) is 5.65 Å². The van der Waals surface area contributed by atoms with Gasteiger partial charge in [-0.15, -0.1) is 0 Å². The van der Waals surface area contributed by atoms with Crippen molar-refractivity contribution in [3.05, 3.63) is 12.7 Å². The highest BCUT2D eigenvalue weighted by Crippen LogP contribution is 2.25. The standard InChI is InChI=1S/C8H8N4O2S/c1-4(8(13)14)15-7-5-6(10-2-9-5)11-3-12-7/h2-4H,1H3,(H,13,14)(H,9,10,11,12)/p-1/t4-/m1/s1. The summed E-state index contributed by atoms with van der Waals surface area (Å²) in [5.41, 5.74) is 1.17. The molecule has 0 aromatic carbocycles. The van der Waals surface area contributed by atoms with Crippen molar-refractivity contribution in [3.63, 3.8) is 0 Å². The summed E-state index contributed by atoms with van der Waals surface area (Å²) < 4.78 is 0. The number of imidazole rings is 1. The van der Waals surface area contributed by atoms with Crippen LogP contribution in [0.25, 0.3) is 11.2 Å². The van der Waals surface area contributed by atoms with Crippen LogP contribution >= 0.6 is 11.8 Å². The van der Waals surface area contributed by atoms with Gasteiger partial charge in [0.1, 0.15) is 16.9 Å². The predicted octanol–water partition coefficient (Wildman–Crippen LogP) is -0.417. The Hall–Kier alpha value is -1.63. The third kappa shape index (κ3) is 1.91. The van der Waals surface area contributed by atoms with Crippen molar-refractivity contribution in [2.75, 3.05) is 0 Å². The molecule has 2 heterocycles. The van der Waals surface area contributed by atoms with Crippen LogP contribution in [0.4, 0.5) is 0 Å². The van der Waals surface area contributed by atoms with Gasteiger partial charge in [-0.25, -0.2) is 15.0 Å². The molecule has 2 aromatic heterocycles. The van der Waals surface area contributed by atoms with E-state index in [0.29, 0.717) is 16.2 Å². The van der Waals surface area contributed by atoms with Crippen LogP contribution in [0.15, 0.2) is 17.7 Å².